The van der Waals surface area contributed by atoms with E-state index in [4.69, 9.17) is 0 Å². The topological polar surface area (TPSA) is 24.9 Å². The van der Waals surface area contributed by atoms with E-state index in [0.717, 1.165) is 0 Å². The minimum absolute atomic E-state index is 0.130. The average molecular weight is 281 g/mol. The first-order chi connectivity index (χ1) is 6.95. The summed E-state index contributed by atoms with van der Waals surface area (Å²) in [7, 11) is 0. The fraction of sp³-hybridized carbons (Fsp3) is 0.444. The van der Waals surface area contributed by atoms with Gasteiger partial charge in [-0.3, -0.25) is 4.98 Å². The highest BCUT2D eigenvalue weighted by atomic mass is 79.9. The van der Waals surface area contributed by atoms with E-state index in [1.54, 1.807) is 0 Å². The number of hydrogen-bond donors (Lipinski definition) is 1. The number of hydrogen-bond acceptors (Lipinski definition) is 2. The van der Waals surface area contributed by atoms with Gasteiger partial charge in [-0.1, -0.05) is 0 Å². The summed E-state index contributed by atoms with van der Waals surface area (Å²) in [6, 6.07) is 1.52. The maximum Gasteiger partial charge on any atom is 0.411 e. The zero-order valence-corrected chi connectivity index (χ0v) is 9.19. The summed E-state index contributed by atoms with van der Waals surface area (Å²) in [4.78, 5) is 3.79. The van der Waals surface area contributed by atoms with Crippen LogP contribution >= 0.6 is 15.9 Å². The Labute approximate surface area is 93.0 Å². The highest BCUT2D eigenvalue weighted by Gasteiger charge is 2.63. The summed E-state index contributed by atoms with van der Waals surface area (Å²) in [5.74, 6) is 0. The first kappa shape index (κ1) is 10.7. The minimum atomic E-state index is -4.20. The van der Waals surface area contributed by atoms with Gasteiger partial charge >= 0.3 is 6.18 Å². The Hall–Kier alpha value is -0.780. The van der Waals surface area contributed by atoms with E-state index < -0.39 is 11.7 Å². The summed E-state index contributed by atoms with van der Waals surface area (Å²) in [6.07, 6.45) is -1.01. The Morgan fingerprint density at radius 1 is 1.40 bits per heavy atom. The molecule has 0 saturated heterocycles. The SMILES string of the molecule is FC(F)(F)C1(Nc2ccncc2Br)CC1. The Morgan fingerprint density at radius 2 is 2.07 bits per heavy atom. The first-order valence-corrected chi connectivity index (χ1v) is 5.18. The van der Waals surface area contributed by atoms with Crippen LogP contribution in [-0.2, 0) is 0 Å². The number of alkyl halides is 3. The van der Waals surface area contributed by atoms with Gasteiger partial charge in [0.1, 0.15) is 5.54 Å². The maximum absolute atomic E-state index is 12.6. The van der Waals surface area contributed by atoms with Crippen molar-refractivity contribution < 1.29 is 13.2 Å². The van der Waals surface area contributed by atoms with Crippen LogP contribution in [0.2, 0.25) is 0 Å². The van der Waals surface area contributed by atoms with E-state index in [9.17, 15) is 13.2 Å². The van der Waals surface area contributed by atoms with E-state index in [-0.39, 0.29) is 12.8 Å². The fourth-order valence-corrected chi connectivity index (χ4v) is 1.69. The van der Waals surface area contributed by atoms with Crippen molar-refractivity contribution in [1.29, 1.82) is 0 Å². The molecule has 6 heteroatoms. The molecule has 1 aromatic rings. The van der Waals surface area contributed by atoms with E-state index >= 15 is 0 Å². The highest BCUT2D eigenvalue weighted by Crippen LogP contribution is 2.51. The molecule has 0 atom stereocenters. The van der Waals surface area contributed by atoms with Crippen molar-refractivity contribution in [3.63, 3.8) is 0 Å². The van der Waals surface area contributed by atoms with Crippen LogP contribution in [0.15, 0.2) is 22.9 Å². The lowest BCUT2D eigenvalue weighted by atomic mass is 10.2. The third-order valence-corrected chi connectivity index (χ3v) is 3.07. The molecule has 0 amide bonds. The molecule has 1 aliphatic carbocycles. The summed E-state index contributed by atoms with van der Waals surface area (Å²) in [5, 5.41) is 2.53. The molecule has 1 saturated carbocycles. The molecule has 1 aliphatic rings. The second-order valence-electron chi connectivity index (χ2n) is 3.56. The Bertz CT molecular complexity index is 374. The van der Waals surface area contributed by atoms with Crippen LogP contribution in [0, 0.1) is 0 Å². The van der Waals surface area contributed by atoms with Crippen molar-refractivity contribution in [2.45, 2.75) is 24.6 Å². The average Bonchev–Trinajstić information content (AvgIpc) is 2.89. The number of nitrogens with zero attached hydrogens (tertiary/aromatic N) is 1. The molecule has 0 unspecified atom stereocenters. The molecule has 0 radical (unpaired) electrons. The molecule has 0 bridgehead atoms. The summed E-state index contributed by atoms with van der Waals surface area (Å²) < 4.78 is 38.4. The quantitative estimate of drug-likeness (QED) is 0.899. The van der Waals surface area contributed by atoms with Crippen LogP contribution in [-0.4, -0.2) is 16.7 Å². The third-order valence-electron chi connectivity index (χ3n) is 2.44. The number of halogens is 4. The molecular formula is C9H8BrF3N2. The molecule has 1 fully saturated rings. The third kappa shape index (κ3) is 1.95. The molecular weight excluding hydrogens is 273 g/mol. The molecule has 2 rings (SSSR count). The smallest absolute Gasteiger partial charge is 0.370 e. The summed E-state index contributed by atoms with van der Waals surface area (Å²) >= 11 is 3.15. The standard InChI is InChI=1S/C9H8BrF3N2/c10-6-5-14-4-1-7(6)15-8(2-3-8)9(11,12)13/h1,4-5H,2-3H2,(H,14,15). The van der Waals surface area contributed by atoms with Crippen LogP contribution in [0.4, 0.5) is 18.9 Å². The lowest BCUT2D eigenvalue weighted by Crippen LogP contribution is -2.38. The van der Waals surface area contributed by atoms with Gasteiger partial charge in [-0.05, 0) is 34.8 Å². The molecule has 0 spiro atoms. The zero-order chi connectivity index (χ0) is 11.1. The van der Waals surface area contributed by atoms with Crippen LogP contribution in [0.3, 0.4) is 0 Å². The number of anilines is 1. The van der Waals surface area contributed by atoms with Crippen LogP contribution < -0.4 is 5.32 Å². The van der Waals surface area contributed by atoms with E-state index in [1.165, 1.54) is 18.5 Å². The van der Waals surface area contributed by atoms with E-state index in [2.05, 4.69) is 26.2 Å². The largest absolute Gasteiger partial charge is 0.411 e. The van der Waals surface area contributed by atoms with Crippen molar-refractivity contribution in [2.75, 3.05) is 5.32 Å². The summed E-state index contributed by atoms with van der Waals surface area (Å²) in [5.41, 5.74) is -1.29. The molecule has 2 nitrogen and oxygen atoms in total. The zero-order valence-electron chi connectivity index (χ0n) is 7.61. The van der Waals surface area contributed by atoms with Gasteiger partial charge in [-0.15, -0.1) is 0 Å². The van der Waals surface area contributed by atoms with Crippen molar-refractivity contribution in [3.05, 3.63) is 22.9 Å². The fourth-order valence-electron chi connectivity index (χ4n) is 1.34. The molecule has 0 aliphatic heterocycles. The number of pyridine rings is 1. The number of aromatic nitrogens is 1. The normalized spacial score (nSPS) is 18.7. The number of nitrogens with one attached hydrogen (secondary N) is 1. The van der Waals surface area contributed by atoms with Crippen molar-refractivity contribution in [3.8, 4) is 0 Å². The molecule has 82 valence electrons. The van der Waals surface area contributed by atoms with Gasteiger partial charge in [-0.2, -0.15) is 13.2 Å². The van der Waals surface area contributed by atoms with Gasteiger partial charge in [-0.25, -0.2) is 0 Å². The maximum atomic E-state index is 12.6. The van der Waals surface area contributed by atoms with Gasteiger partial charge < -0.3 is 5.32 Å². The van der Waals surface area contributed by atoms with Gasteiger partial charge in [0.15, 0.2) is 0 Å². The molecule has 1 aromatic heterocycles. The lowest BCUT2D eigenvalue weighted by molar-refractivity contribution is -0.151. The molecule has 15 heavy (non-hydrogen) atoms. The van der Waals surface area contributed by atoms with Crippen LogP contribution in [0.5, 0.6) is 0 Å². The van der Waals surface area contributed by atoms with Crippen LogP contribution in [0.1, 0.15) is 12.8 Å². The Kier molecular flexibility index (Phi) is 2.41. The number of rotatable bonds is 2. The lowest BCUT2D eigenvalue weighted by Gasteiger charge is -2.22. The predicted octanol–water partition coefficient (Wildman–Crippen LogP) is 3.35. The highest BCUT2D eigenvalue weighted by molar-refractivity contribution is 9.10. The monoisotopic (exact) mass is 280 g/mol. The predicted molar refractivity (Wildman–Crippen MR) is 53.6 cm³/mol. The van der Waals surface area contributed by atoms with Gasteiger partial charge in [0.2, 0.25) is 0 Å². The van der Waals surface area contributed by atoms with E-state index in [0.29, 0.717) is 10.2 Å². The van der Waals surface area contributed by atoms with Gasteiger partial charge in [0, 0.05) is 12.4 Å². The molecule has 1 heterocycles. The van der Waals surface area contributed by atoms with Gasteiger partial charge in [0.05, 0.1) is 10.2 Å². The minimum Gasteiger partial charge on any atom is -0.370 e. The second-order valence-corrected chi connectivity index (χ2v) is 4.41. The summed E-state index contributed by atoms with van der Waals surface area (Å²) in [6.45, 7) is 0. The van der Waals surface area contributed by atoms with Gasteiger partial charge in [0.25, 0.3) is 0 Å². The van der Waals surface area contributed by atoms with Crippen molar-refractivity contribution >= 4 is 21.6 Å². The Morgan fingerprint density at radius 3 is 2.53 bits per heavy atom. The van der Waals surface area contributed by atoms with Crippen LogP contribution in [0.25, 0.3) is 0 Å². The first-order valence-electron chi connectivity index (χ1n) is 4.39. The Balaban J connectivity index is 2.20. The molecule has 0 aromatic carbocycles. The van der Waals surface area contributed by atoms with Crippen molar-refractivity contribution in [1.82, 2.24) is 4.98 Å². The van der Waals surface area contributed by atoms with E-state index in [1.807, 2.05) is 0 Å². The molecule has 1 N–H and O–H groups in total. The van der Waals surface area contributed by atoms with Crippen molar-refractivity contribution in [2.24, 2.45) is 0 Å². The second kappa shape index (κ2) is 3.37.